The van der Waals surface area contributed by atoms with Gasteiger partial charge in [0.25, 0.3) is 0 Å². The fraction of sp³-hybridized carbons (Fsp3) is 0.167. The van der Waals surface area contributed by atoms with E-state index in [1.54, 1.807) is 18.2 Å². The van der Waals surface area contributed by atoms with E-state index in [1.807, 2.05) is 26.0 Å². The highest BCUT2D eigenvalue weighted by Crippen LogP contribution is 2.28. The first-order valence-corrected chi connectivity index (χ1v) is 9.18. The number of thioether (sulfide) groups is 1. The van der Waals surface area contributed by atoms with E-state index in [0.717, 1.165) is 20.5 Å². The minimum atomic E-state index is -1.29. The van der Waals surface area contributed by atoms with Gasteiger partial charge in [-0.2, -0.15) is 5.10 Å². The van der Waals surface area contributed by atoms with Gasteiger partial charge in [0.15, 0.2) is 0 Å². The van der Waals surface area contributed by atoms with Crippen LogP contribution in [0.1, 0.15) is 27.0 Å². The van der Waals surface area contributed by atoms with E-state index in [0.29, 0.717) is 5.56 Å². The molecule has 1 N–H and O–H groups in total. The van der Waals surface area contributed by atoms with Crippen molar-refractivity contribution in [1.82, 2.24) is 5.43 Å². The first-order chi connectivity index (χ1) is 11.9. The lowest BCUT2D eigenvalue weighted by molar-refractivity contribution is -0.255. The first-order valence-electron chi connectivity index (χ1n) is 7.40. The van der Waals surface area contributed by atoms with Crippen LogP contribution in [0.5, 0.6) is 0 Å². The largest absolute Gasteiger partial charge is 0.545 e. The van der Waals surface area contributed by atoms with Crippen LogP contribution in [0.4, 0.5) is 0 Å². The van der Waals surface area contributed by atoms with Gasteiger partial charge in [-0.25, -0.2) is 5.43 Å². The molecule has 0 radical (unpaired) electrons. The summed E-state index contributed by atoms with van der Waals surface area (Å²) in [4.78, 5) is 23.9. The van der Waals surface area contributed by atoms with Crippen molar-refractivity contribution in [2.24, 2.45) is 5.10 Å². The Kier molecular flexibility index (Phi) is 6.78. The van der Waals surface area contributed by atoms with Gasteiger partial charge in [-0.1, -0.05) is 40.2 Å². The Hall–Kier alpha value is -2.12. The molecule has 0 fully saturated rings. The van der Waals surface area contributed by atoms with E-state index in [2.05, 4.69) is 26.5 Å². The Labute approximate surface area is 158 Å². The van der Waals surface area contributed by atoms with Crippen LogP contribution in [0.2, 0.25) is 0 Å². The smallest absolute Gasteiger partial charge is 0.250 e. The quantitative estimate of drug-likeness (QED) is 0.443. The van der Waals surface area contributed by atoms with E-state index in [4.69, 9.17) is 0 Å². The normalized spacial score (nSPS) is 10.8. The predicted molar refractivity (Wildman–Crippen MR) is 101 cm³/mol. The molecule has 0 bridgehead atoms. The number of rotatable bonds is 6. The summed E-state index contributed by atoms with van der Waals surface area (Å²) < 4.78 is 1.04. The summed E-state index contributed by atoms with van der Waals surface area (Å²) in [5.41, 5.74) is 4.98. The number of carbonyl (C=O) groups excluding carboxylic acids is 2. The molecule has 2 rings (SSSR count). The first kappa shape index (κ1) is 19.2. The highest BCUT2D eigenvalue weighted by atomic mass is 79.9. The molecule has 0 heterocycles. The number of hydrazone groups is 1. The Morgan fingerprint density at radius 3 is 2.68 bits per heavy atom. The molecular weight excluding hydrogens is 404 g/mol. The number of benzene rings is 2. The molecule has 0 atom stereocenters. The Morgan fingerprint density at radius 1 is 1.24 bits per heavy atom. The lowest BCUT2D eigenvalue weighted by atomic mass is 10.1. The molecule has 0 aliphatic carbocycles. The number of hydrogen-bond donors (Lipinski definition) is 1. The standard InChI is InChI=1S/C18H17BrN2O3S/c1-11-8-16(12(2)7-15(11)19)25-10-17(22)21-20-9-13-5-3-4-6-14(13)18(23)24/h3-9H,10H2,1-2H3,(H,21,22)(H,23,24)/p-1/b20-9-. The molecule has 5 nitrogen and oxygen atoms in total. The van der Waals surface area contributed by atoms with E-state index >= 15 is 0 Å². The zero-order valence-corrected chi connectivity index (χ0v) is 16.1. The van der Waals surface area contributed by atoms with Crippen LogP contribution in [0.15, 0.2) is 50.9 Å². The van der Waals surface area contributed by atoms with Crippen molar-refractivity contribution in [3.05, 3.63) is 63.1 Å². The van der Waals surface area contributed by atoms with Crippen LogP contribution in [0, 0.1) is 13.8 Å². The molecule has 0 aliphatic heterocycles. The highest BCUT2D eigenvalue weighted by Gasteiger charge is 2.07. The molecule has 0 aliphatic rings. The average Bonchev–Trinajstić information content (AvgIpc) is 2.57. The van der Waals surface area contributed by atoms with Crippen LogP contribution in [0.25, 0.3) is 0 Å². The minimum Gasteiger partial charge on any atom is -0.545 e. The van der Waals surface area contributed by atoms with Crippen LogP contribution in [-0.2, 0) is 4.79 Å². The molecule has 0 aromatic heterocycles. The summed E-state index contributed by atoms with van der Waals surface area (Å²) in [6, 6.07) is 10.3. The van der Waals surface area contributed by atoms with Crippen molar-refractivity contribution in [3.8, 4) is 0 Å². The lowest BCUT2D eigenvalue weighted by Crippen LogP contribution is -2.24. The predicted octanol–water partition coefficient (Wildman–Crippen LogP) is 2.67. The van der Waals surface area contributed by atoms with Crippen LogP contribution >= 0.6 is 27.7 Å². The molecule has 0 spiro atoms. The Balaban J connectivity index is 1.93. The molecular formula is C18H16BrN2O3S-. The monoisotopic (exact) mass is 419 g/mol. The van der Waals surface area contributed by atoms with Gasteiger partial charge in [0, 0.05) is 20.5 Å². The molecule has 2 aromatic carbocycles. The average molecular weight is 420 g/mol. The number of carboxylic acids is 1. The van der Waals surface area contributed by atoms with Crippen LogP contribution in [-0.4, -0.2) is 23.8 Å². The Morgan fingerprint density at radius 2 is 1.96 bits per heavy atom. The fourth-order valence-corrected chi connectivity index (χ4v) is 3.41. The highest BCUT2D eigenvalue weighted by molar-refractivity contribution is 9.10. The maximum absolute atomic E-state index is 11.9. The van der Waals surface area contributed by atoms with Gasteiger partial charge in [0.05, 0.1) is 17.9 Å². The van der Waals surface area contributed by atoms with Gasteiger partial charge in [-0.05, 0) is 37.1 Å². The number of carboxylic acid groups (broad SMARTS) is 1. The maximum atomic E-state index is 11.9. The minimum absolute atomic E-state index is 0.0239. The number of halogens is 1. The molecule has 2 aromatic rings. The summed E-state index contributed by atoms with van der Waals surface area (Å²) in [5, 5.41) is 14.8. The number of hydrogen-bond acceptors (Lipinski definition) is 5. The third kappa shape index (κ3) is 5.44. The van der Waals surface area contributed by atoms with Crippen molar-refractivity contribution in [2.45, 2.75) is 18.7 Å². The topological polar surface area (TPSA) is 81.6 Å². The van der Waals surface area contributed by atoms with Crippen molar-refractivity contribution in [1.29, 1.82) is 0 Å². The van der Waals surface area contributed by atoms with Gasteiger partial charge in [-0.15, -0.1) is 11.8 Å². The lowest BCUT2D eigenvalue weighted by Gasteiger charge is -2.08. The van der Waals surface area contributed by atoms with Crippen LogP contribution < -0.4 is 10.5 Å². The van der Waals surface area contributed by atoms with Crippen molar-refractivity contribution < 1.29 is 14.7 Å². The zero-order chi connectivity index (χ0) is 18.4. The third-order valence-electron chi connectivity index (χ3n) is 3.39. The molecule has 130 valence electrons. The van der Waals surface area contributed by atoms with Crippen molar-refractivity contribution in [2.75, 3.05) is 5.75 Å². The summed E-state index contributed by atoms with van der Waals surface area (Å²) in [6.07, 6.45) is 1.29. The van der Waals surface area contributed by atoms with E-state index < -0.39 is 5.97 Å². The van der Waals surface area contributed by atoms with E-state index in [-0.39, 0.29) is 17.2 Å². The van der Waals surface area contributed by atoms with E-state index in [1.165, 1.54) is 24.0 Å². The number of nitrogens with one attached hydrogen (secondary N) is 1. The second-order valence-corrected chi connectivity index (χ2v) is 7.19. The second-order valence-electron chi connectivity index (χ2n) is 5.32. The molecule has 25 heavy (non-hydrogen) atoms. The number of aromatic carboxylic acids is 1. The molecule has 0 saturated heterocycles. The number of nitrogens with zero attached hydrogens (tertiary/aromatic N) is 1. The van der Waals surface area contributed by atoms with Gasteiger partial charge in [-0.3, -0.25) is 4.79 Å². The van der Waals surface area contributed by atoms with Crippen molar-refractivity contribution >= 4 is 45.8 Å². The van der Waals surface area contributed by atoms with Gasteiger partial charge < -0.3 is 9.90 Å². The molecule has 0 unspecified atom stereocenters. The second kappa shape index (κ2) is 8.82. The van der Waals surface area contributed by atoms with Gasteiger partial charge in [0.1, 0.15) is 0 Å². The third-order valence-corrected chi connectivity index (χ3v) is 5.40. The van der Waals surface area contributed by atoms with Gasteiger partial charge >= 0.3 is 0 Å². The van der Waals surface area contributed by atoms with Gasteiger partial charge in [0.2, 0.25) is 5.91 Å². The number of amides is 1. The van der Waals surface area contributed by atoms with Crippen molar-refractivity contribution in [3.63, 3.8) is 0 Å². The SMILES string of the molecule is Cc1cc(SCC(=O)N/N=C\c2ccccc2C(=O)[O-])c(C)cc1Br. The van der Waals surface area contributed by atoms with E-state index in [9.17, 15) is 14.7 Å². The fourth-order valence-electron chi connectivity index (χ4n) is 2.05. The number of carbonyl (C=O) groups is 2. The molecule has 1 amide bonds. The summed E-state index contributed by atoms with van der Waals surface area (Å²) in [6.45, 7) is 3.98. The van der Waals surface area contributed by atoms with Crippen LogP contribution in [0.3, 0.4) is 0 Å². The summed E-state index contributed by atoms with van der Waals surface area (Å²) in [5.74, 6) is -1.35. The zero-order valence-electron chi connectivity index (χ0n) is 13.7. The summed E-state index contributed by atoms with van der Waals surface area (Å²) >= 11 is 4.90. The number of aryl methyl sites for hydroxylation is 2. The summed E-state index contributed by atoms with van der Waals surface area (Å²) in [7, 11) is 0. The molecule has 0 saturated carbocycles. The maximum Gasteiger partial charge on any atom is 0.250 e. The molecule has 7 heteroatoms. The Bertz CT molecular complexity index is 837.